The maximum Gasteiger partial charge on any atom is 0.290 e. The van der Waals surface area contributed by atoms with Gasteiger partial charge in [-0.05, 0) is 73.5 Å². The first-order valence-corrected chi connectivity index (χ1v) is 14.8. The third-order valence-corrected chi connectivity index (χ3v) is 9.45. The topological polar surface area (TPSA) is 126 Å². The van der Waals surface area contributed by atoms with Crippen LogP contribution in [0.1, 0.15) is 70.2 Å². The predicted molar refractivity (Wildman–Crippen MR) is 161 cm³/mol. The first-order valence-electron chi connectivity index (χ1n) is 14.0. The molecule has 2 atom stereocenters. The van der Waals surface area contributed by atoms with Crippen LogP contribution < -0.4 is 21.5 Å². The van der Waals surface area contributed by atoms with Gasteiger partial charge in [-0.25, -0.2) is 9.07 Å². The maximum absolute atomic E-state index is 15.1. The van der Waals surface area contributed by atoms with Crippen molar-refractivity contribution < 1.29 is 14.3 Å². The van der Waals surface area contributed by atoms with Crippen LogP contribution in [0.15, 0.2) is 35.1 Å². The van der Waals surface area contributed by atoms with Gasteiger partial charge >= 0.3 is 0 Å². The molecule has 4 N–H and O–H groups in total. The number of thiophene rings is 1. The number of hydrogen-bond acceptors (Lipinski definition) is 8. The summed E-state index contributed by atoms with van der Waals surface area (Å²) in [7, 11) is 3.43. The van der Waals surface area contributed by atoms with Crippen LogP contribution in [0.2, 0.25) is 0 Å². The standard InChI is InChI=1S/C30H34FN7O3S/c1-15-16(8-9-18(31)26(15)34-28(40)23-11-17-24(42-23)14-30(2,3)27(17)39)20-12-21(29(41)38(5)35-20)33-25-13-22(37(4)36-25)19-7-6-10-32-19/h8-9,11-13,19,27,32,39H,6-7,10,14H2,1-5H3,(H,33,36)(H,34,40)/t19?,27-/m0/s1. The number of anilines is 3. The molecule has 1 amide bonds. The van der Waals surface area contributed by atoms with E-state index < -0.39 is 17.8 Å². The Kier molecular flexibility index (Phi) is 7.03. The zero-order chi connectivity index (χ0) is 29.9. The molecule has 12 heteroatoms. The quantitative estimate of drug-likeness (QED) is 0.256. The molecule has 0 radical (unpaired) electrons. The number of carbonyl (C=O) groups excluding carboxylic acids is 1. The van der Waals surface area contributed by atoms with Crippen molar-refractivity contribution in [2.75, 3.05) is 17.2 Å². The lowest BCUT2D eigenvalue weighted by Gasteiger charge is -2.22. The average Bonchev–Trinajstić information content (AvgIpc) is 3.71. The largest absolute Gasteiger partial charge is 0.388 e. The van der Waals surface area contributed by atoms with Crippen molar-refractivity contribution in [3.63, 3.8) is 0 Å². The molecule has 1 aromatic carbocycles. The van der Waals surface area contributed by atoms with Crippen molar-refractivity contribution in [1.29, 1.82) is 0 Å². The van der Waals surface area contributed by atoms with Gasteiger partial charge in [-0.3, -0.25) is 14.3 Å². The minimum Gasteiger partial charge on any atom is -0.388 e. The molecular weight excluding hydrogens is 557 g/mol. The highest BCUT2D eigenvalue weighted by atomic mass is 32.1. The number of hydrogen-bond donors (Lipinski definition) is 4. The summed E-state index contributed by atoms with van der Waals surface area (Å²) in [6.07, 6.45) is 2.15. The van der Waals surface area contributed by atoms with Crippen molar-refractivity contribution in [2.45, 2.75) is 52.2 Å². The average molecular weight is 592 g/mol. The van der Waals surface area contributed by atoms with E-state index in [0.717, 1.165) is 35.5 Å². The van der Waals surface area contributed by atoms with Crippen LogP contribution in [-0.2, 0) is 20.5 Å². The van der Waals surface area contributed by atoms with Gasteiger partial charge in [0, 0.05) is 36.6 Å². The summed E-state index contributed by atoms with van der Waals surface area (Å²) in [6, 6.07) is 8.32. The number of halogens is 1. The Balaban J connectivity index is 1.28. The van der Waals surface area contributed by atoms with Gasteiger partial charge in [0.15, 0.2) is 5.82 Å². The van der Waals surface area contributed by atoms with E-state index in [1.807, 2.05) is 27.0 Å². The number of carbonyl (C=O) groups is 1. The number of aliphatic hydroxyl groups excluding tert-OH is 1. The van der Waals surface area contributed by atoms with Crippen molar-refractivity contribution in [2.24, 2.45) is 19.5 Å². The molecule has 0 bridgehead atoms. The van der Waals surface area contributed by atoms with Gasteiger partial charge < -0.3 is 21.1 Å². The van der Waals surface area contributed by atoms with E-state index in [2.05, 4.69) is 26.1 Å². The van der Waals surface area contributed by atoms with Gasteiger partial charge in [0.25, 0.3) is 11.5 Å². The Morgan fingerprint density at radius 3 is 2.69 bits per heavy atom. The Hall–Kier alpha value is -3.87. The van der Waals surface area contributed by atoms with Crippen LogP contribution in [0.3, 0.4) is 0 Å². The smallest absolute Gasteiger partial charge is 0.290 e. The molecule has 0 saturated carbocycles. The monoisotopic (exact) mass is 591 g/mol. The Labute approximate surface area is 246 Å². The maximum atomic E-state index is 15.1. The molecule has 42 heavy (non-hydrogen) atoms. The molecule has 1 aliphatic heterocycles. The van der Waals surface area contributed by atoms with Crippen molar-refractivity contribution in [1.82, 2.24) is 24.9 Å². The second-order valence-electron chi connectivity index (χ2n) is 11.8. The summed E-state index contributed by atoms with van der Waals surface area (Å²) in [4.78, 5) is 27.6. The molecule has 1 fully saturated rings. The van der Waals surface area contributed by atoms with E-state index in [-0.39, 0.29) is 28.4 Å². The number of fused-ring (bicyclic) bond motifs is 1. The number of nitrogens with zero attached hydrogens (tertiary/aromatic N) is 4. The highest BCUT2D eigenvalue weighted by molar-refractivity contribution is 7.14. The van der Waals surface area contributed by atoms with Crippen LogP contribution >= 0.6 is 11.3 Å². The van der Waals surface area contributed by atoms with Gasteiger partial charge in [-0.15, -0.1) is 11.3 Å². The second kappa shape index (κ2) is 10.4. The molecule has 2 aliphatic rings. The van der Waals surface area contributed by atoms with Crippen molar-refractivity contribution in [3.05, 3.63) is 73.1 Å². The molecule has 220 valence electrons. The molecule has 10 nitrogen and oxygen atoms in total. The van der Waals surface area contributed by atoms with Gasteiger partial charge in [-0.1, -0.05) is 13.8 Å². The summed E-state index contributed by atoms with van der Waals surface area (Å²) < 4.78 is 18.1. The van der Waals surface area contributed by atoms with Crippen LogP contribution in [0, 0.1) is 18.2 Å². The third-order valence-electron chi connectivity index (χ3n) is 8.30. The number of aromatic nitrogens is 4. The van der Waals surface area contributed by atoms with E-state index in [9.17, 15) is 14.7 Å². The van der Waals surface area contributed by atoms with Gasteiger partial charge in [0.2, 0.25) is 0 Å². The summed E-state index contributed by atoms with van der Waals surface area (Å²) in [6.45, 7) is 6.64. The van der Waals surface area contributed by atoms with Gasteiger partial charge in [0.05, 0.1) is 28.1 Å². The molecule has 0 spiro atoms. The molecule has 1 saturated heterocycles. The molecular formula is C30H34FN7O3S. The van der Waals surface area contributed by atoms with Gasteiger partial charge in [0.1, 0.15) is 11.5 Å². The Bertz CT molecular complexity index is 1770. The predicted octanol–water partition coefficient (Wildman–Crippen LogP) is 4.73. The molecule has 1 unspecified atom stereocenters. The van der Waals surface area contributed by atoms with E-state index in [1.54, 1.807) is 36.9 Å². The summed E-state index contributed by atoms with van der Waals surface area (Å²) >= 11 is 1.32. The lowest BCUT2D eigenvalue weighted by atomic mass is 9.88. The fourth-order valence-electron chi connectivity index (χ4n) is 5.91. The number of aryl methyl sites for hydroxylation is 2. The van der Waals surface area contributed by atoms with Gasteiger partial charge in [-0.2, -0.15) is 10.2 Å². The number of nitrogens with one attached hydrogen (secondary N) is 3. The Morgan fingerprint density at radius 1 is 1.19 bits per heavy atom. The second-order valence-corrected chi connectivity index (χ2v) is 13.0. The van der Waals surface area contributed by atoms with Crippen LogP contribution in [0.4, 0.5) is 21.6 Å². The highest BCUT2D eigenvalue weighted by Gasteiger charge is 2.40. The first kappa shape index (κ1) is 28.3. The zero-order valence-corrected chi connectivity index (χ0v) is 25.0. The number of aliphatic hydroxyl groups is 1. The molecule has 4 aromatic rings. The minimum absolute atomic E-state index is 0.0375. The minimum atomic E-state index is -0.650. The number of amides is 1. The molecule has 6 rings (SSSR count). The highest BCUT2D eigenvalue weighted by Crippen LogP contribution is 2.48. The summed E-state index contributed by atoms with van der Waals surface area (Å²) in [5.41, 5.74) is 2.95. The SMILES string of the molecule is Cc1c(-c2cc(Nc3cc(C4CCCN4)n(C)n3)c(=O)n(C)n2)ccc(F)c1NC(=O)c1cc2c(s1)CC(C)(C)[C@H]2O. The van der Waals surface area contributed by atoms with Crippen LogP contribution in [0.5, 0.6) is 0 Å². The van der Waals surface area contributed by atoms with Crippen molar-refractivity contribution >= 4 is 34.4 Å². The Morgan fingerprint density at radius 2 is 1.98 bits per heavy atom. The van der Waals surface area contributed by atoms with Crippen molar-refractivity contribution in [3.8, 4) is 11.3 Å². The van der Waals surface area contributed by atoms with E-state index in [1.165, 1.54) is 22.1 Å². The molecule has 3 aromatic heterocycles. The zero-order valence-electron chi connectivity index (χ0n) is 24.2. The number of rotatable bonds is 6. The van der Waals surface area contributed by atoms with E-state index in [0.29, 0.717) is 33.9 Å². The molecule has 1 aliphatic carbocycles. The lowest BCUT2D eigenvalue weighted by molar-refractivity contribution is 0.0665. The number of benzene rings is 1. The van der Waals surface area contributed by atoms with Crippen LogP contribution in [0.25, 0.3) is 11.3 Å². The van der Waals surface area contributed by atoms with E-state index in [4.69, 9.17) is 0 Å². The lowest BCUT2D eigenvalue weighted by Crippen LogP contribution is -2.23. The first-order chi connectivity index (χ1) is 19.9. The van der Waals surface area contributed by atoms with E-state index >= 15 is 4.39 Å². The normalized spacial score (nSPS) is 19.2. The molecule has 4 heterocycles. The fourth-order valence-corrected chi connectivity index (χ4v) is 7.24. The summed E-state index contributed by atoms with van der Waals surface area (Å²) in [5, 5.41) is 28.9. The van der Waals surface area contributed by atoms with Crippen LogP contribution in [-0.4, -0.2) is 37.1 Å². The summed E-state index contributed by atoms with van der Waals surface area (Å²) in [5.74, 6) is -0.493. The fraction of sp³-hybridized carbons (Fsp3) is 0.400. The third kappa shape index (κ3) is 4.93.